The highest BCUT2D eigenvalue weighted by Crippen LogP contribution is 2.34. The maximum atomic E-state index is 13.2. The summed E-state index contributed by atoms with van der Waals surface area (Å²) in [5.74, 6) is 0.319. The van der Waals surface area contributed by atoms with Crippen LogP contribution in [0.4, 0.5) is 0 Å². The number of carbonyl (C=O) groups is 1. The molecular weight excluding hydrogens is 426 g/mol. The number of morpholine rings is 1. The molecule has 4 rings (SSSR count). The van der Waals surface area contributed by atoms with Gasteiger partial charge >= 0.3 is 0 Å². The molecule has 0 aliphatic carbocycles. The van der Waals surface area contributed by atoms with Crippen LogP contribution in [0.15, 0.2) is 32.8 Å². The predicted molar refractivity (Wildman–Crippen MR) is 120 cm³/mol. The van der Waals surface area contributed by atoms with Crippen LogP contribution < -0.4 is 5.56 Å². The zero-order chi connectivity index (χ0) is 20.5. The van der Waals surface area contributed by atoms with Gasteiger partial charge in [0.25, 0.3) is 5.56 Å². The average Bonchev–Trinajstić information content (AvgIpc) is 3.34. The topological polar surface area (TPSA) is 64.4 Å². The Kier molecular flexibility index (Phi) is 6.10. The second kappa shape index (κ2) is 8.59. The number of hydrogen-bond donors (Lipinski definition) is 0. The summed E-state index contributed by atoms with van der Waals surface area (Å²) < 4.78 is 7.38. The van der Waals surface area contributed by atoms with Gasteiger partial charge in [-0.25, -0.2) is 4.98 Å². The van der Waals surface area contributed by atoms with Crippen molar-refractivity contribution < 1.29 is 9.53 Å². The normalized spacial score (nSPS) is 19.8. The molecule has 1 aliphatic heterocycles. The van der Waals surface area contributed by atoms with E-state index in [9.17, 15) is 9.59 Å². The molecule has 6 nitrogen and oxygen atoms in total. The number of thiophene rings is 2. The molecule has 3 aromatic rings. The number of rotatable bonds is 5. The molecule has 0 N–H and O–H groups in total. The Balaban J connectivity index is 1.59. The third-order valence-corrected chi connectivity index (χ3v) is 7.60. The summed E-state index contributed by atoms with van der Waals surface area (Å²) in [6.07, 6.45) is 0.0792. The number of thioether (sulfide) groups is 1. The summed E-state index contributed by atoms with van der Waals surface area (Å²) in [5, 5.41) is 5.28. The molecule has 29 heavy (non-hydrogen) atoms. The molecule has 1 saturated heterocycles. The molecule has 4 heterocycles. The summed E-state index contributed by atoms with van der Waals surface area (Å²) in [6.45, 7) is 7.62. The van der Waals surface area contributed by atoms with Crippen molar-refractivity contribution in [1.82, 2.24) is 14.5 Å². The van der Waals surface area contributed by atoms with E-state index < -0.39 is 0 Å². The van der Waals surface area contributed by atoms with E-state index in [1.54, 1.807) is 15.9 Å². The molecule has 2 atom stereocenters. The first-order valence-electron chi connectivity index (χ1n) is 9.59. The SMILES string of the molecule is CCn1c(SCC(=O)N2CC(C)OC(C)C2)nc2scc(-c3cccs3)c2c1=O. The van der Waals surface area contributed by atoms with Crippen molar-refractivity contribution in [3.8, 4) is 10.4 Å². The lowest BCUT2D eigenvalue weighted by Crippen LogP contribution is -2.48. The van der Waals surface area contributed by atoms with Crippen molar-refractivity contribution >= 4 is 50.6 Å². The van der Waals surface area contributed by atoms with Crippen LogP contribution in [-0.2, 0) is 16.1 Å². The lowest BCUT2D eigenvalue weighted by molar-refractivity contribution is -0.140. The van der Waals surface area contributed by atoms with Crippen molar-refractivity contribution in [2.24, 2.45) is 0 Å². The van der Waals surface area contributed by atoms with Gasteiger partial charge in [-0.15, -0.1) is 22.7 Å². The van der Waals surface area contributed by atoms with Gasteiger partial charge in [0.05, 0.1) is 23.3 Å². The van der Waals surface area contributed by atoms with Crippen molar-refractivity contribution in [2.75, 3.05) is 18.8 Å². The monoisotopic (exact) mass is 449 g/mol. The second-order valence-corrected chi connectivity index (χ2v) is 9.84. The highest BCUT2D eigenvalue weighted by atomic mass is 32.2. The first-order chi connectivity index (χ1) is 14.0. The average molecular weight is 450 g/mol. The van der Waals surface area contributed by atoms with Crippen molar-refractivity contribution in [1.29, 1.82) is 0 Å². The quantitative estimate of drug-likeness (QED) is 0.436. The summed E-state index contributed by atoms with van der Waals surface area (Å²) >= 11 is 4.44. The second-order valence-electron chi connectivity index (χ2n) is 7.10. The Morgan fingerprint density at radius 3 is 2.72 bits per heavy atom. The van der Waals surface area contributed by atoms with Crippen LogP contribution in [0.1, 0.15) is 20.8 Å². The predicted octanol–water partition coefficient (Wildman–Crippen LogP) is 3.93. The largest absolute Gasteiger partial charge is 0.372 e. The lowest BCUT2D eigenvalue weighted by atomic mass is 10.2. The summed E-state index contributed by atoms with van der Waals surface area (Å²) in [5.41, 5.74) is 0.911. The minimum atomic E-state index is -0.0364. The van der Waals surface area contributed by atoms with Gasteiger partial charge in [-0.1, -0.05) is 17.8 Å². The summed E-state index contributed by atoms with van der Waals surface area (Å²) in [4.78, 5) is 34.3. The molecule has 1 amide bonds. The maximum absolute atomic E-state index is 13.2. The van der Waals surface area contributed by atoms with Crippen LogP contribution >= 0.6 is 34.4 Å². The zero-order valence-corrected chi connectivity index (χ0v) is 19.0. The molecule has 0 radical (unpaired) electrons. The van der Waals surface area contributed by atoms with Crippen LogP contribution in [0.3, 0.4) is 0 Å². The molecule has 0 saturated carbocycles. The van der Waals surface area contributed by atoms with E-state index >= 15 is 0 Å². The minimum absolute atomic E-state index is 0.0364. The van der Waals surface area contributed by atoms with Crippen molar-refractivity contribution in [3.05, 3.63) is 33.2 Å². The van der Waals surface area contributed by atoms with E-state index in [0.717, 1.165) is 15.3 Å². The van der Waals surface area contributed by atoms with E-state index in [1.165, 1.54) is 23.1 Å². The number of fused-ring (bicyclic) bond motifs is 1. The van der Waals surface area contributed by atoms with Gasteiger partial charge in [-0.2, -0.15) is 0 Å². The highest BCUT2D eigenvalue weighted by molar-refractivity contribution is 7.99. The molecular formula is C20H23N3O3S3. The molecule has 3 aromatic heterocycles. The standard InChI is InChI=1S/C20H23N3O3S3/c1-4-23-19(25)17-14(15-6-5-7-27-15)10-28-18(17)21-20(23)29-11-16(24)22-8-12(2)26-13(3)9-22/h5-7,10,12-13H,4,8-9,11H2,1-3H3. The van der Waals surface area contributed by atoms with Crippen LogP contribution in [0, 0.1) is 0 Å². The zero-order valence-electron chi connectivity index (χ0n) is 16.6. The molecule has 0 spiro atoms. The van der Waals surface area contributed by atoms with E-state index in [2.05, 4.69) is 0 Å². The van der Waals surface area contributed by atoms with Crippen LogP contribution in [0.25, 0.3) is 20.7 Å². The molecule has 0 bridgehead atoms. The number of hydrogen-bond acceptors (Lipinski definition) is 7. The van der Waals surface area contributed by atoms with Crippen LogP contribution in [-0.4, -0.2) is 51.4 Å². The third-order valence-electron chi connectivity index (χ3n) is 4.86. The van der Waals surface area contributed by atoms with Gasteiger partial charge in [0.15, 0.2) is 5.16 Å². The highest BCUT2D eigenvalue weighted by Gasteiger charge is 2.26. The molecule has 1 fully saturated rings. The summed E-state index contributed by atoms with van der Waals surface area (Å²) in [7, 11) is 0. The minimum Gasteiger partial charge on any atom is -0.372 e. The number of amides is 1. The molecule has 2 unspecified atom stereocenters. The van der Waals surface area contributed by atoms with Crippen molar-refractivity contribution in [3.63, 3.8) is 0 Å². The van der Waals surface area contributed by atoms with Gasteiger partial charge in [-0.3, -0.25) is 14.2 Å². The smallest absolute Gasteiger partial charge is 0.263 e. The Hall–Kier alpha value is -1.68. The van der Waals surface area contributed by atoms with Gasteiger partial charge in [0, 0.05) is 35.5 Å². The fraction of sp³-hybridized carbons (Fsp3) is 0.450. The molecule has 1 aliphatic rings. The maximum Gasteiger partial charge on any atom is 0.263 e. The number of carbonyl (C=O) groups excluding carboxylic acids is 1. The van der Waals surface area contributed by atoms with E-state index in [0.29, 0.717) is 30.2 Å². The first-order valence-corrected chi connectivity index (χ1v) is 12.3. The van der Waals surface area contributed by atoms with Crippen LogP contribution in [0.2, 0.25) is 0 Å². The Morgan fingerprint density at radius 1 is 1.31 bits per heavy atom. The lowest BCUT2D eigenvalue weighted by Gasteiger charge is -2.35. The third kappa shape index (κ3) is 4.14. The molecule has 154 valence electrons. The van der Waals surface area contributed by atoms with Gasteiger partial charge in [-0.05, 0) is 32.2 Å². The number of nitrogens with zero attached hydrogens (tertiary/aromatic N) is 3. The van der Waals surface area contributed by atoms with E-state index in [4.69, 9.17) is 9.72 Å². The first kappa shape index (κ1) is 20.6. The molecule has 9 heteroatoms. The van der Waals surface area contributed by atoms with Crippen LogP contribution in [0.5, 0.6) is 0 Å². The van der Waals surface area contributed by atoms with Gasteiger partial charge in [0.1, 0.15) is 4.83 Å². The van der Waals surface area contributed by atoms with E-state index in [-0.39, 0.29) is 29.4 Å². The molecule has 0 aromatic carbocycles. The van der Waals surface area contributed by atoms with Gasteiger partial charge < -0.3 is 9.64 Å². The van der Waals surface area contributed by atoms with E-state index in [1.807, 2.05) is 48.6 Å². The van der Waals surface area contributed by atoms with Crippen molar-refractivity contribution in [2.45, 2.75) is 44.7 Å². The summed E-state index contributed by atoms with van der Waals surface area (Å²) in [6, 6.07) is 4.01. The Morgan fingerprint density at radius 2 is 2.07 bits per heavy atom. The Labute approximate surface area is 181 Å². The fourth-order valence-corrected chi connectivity index (χ4v) is 6.38. The number of aromatic nitrogens is 2. The number of ether oxygens (including phenoxy) is 1. The fourth-order valence-electron chi connectivity index (χ4n) is 3.61. The van der Waals surface area contributed by atoms with Gasteiger partial charge in [0.2, 0.25) is 5.91 Å². The Bertz CT molecular complexity index is 1060.